The van der Waals surface area contributed by atoms with Crippen LogP contribution >= 0.6 is 0 Å². The third-order valence-electron chi connectivity index (χ3n) is 2.07. The van der Waals surface area contributed by atoms with Crippen LogP contribution in [0.1, 0.15) is 45.4 Å². The van der Waals surface area contributed by atoms with Crippen molar-refractivity contribution in [1.82, 2.24) is 5.32 Å². The largest absolute Gasteiger partial charge is 0.379 e. The fourth-order valence-electron chi connectivity index (χ4n) is 0.999. The number of rotatable bonds is 5. The molecule has 0 aliphatic carbocycles. The van der Waals surface area contributed by atoms with Crippen molar-refractivity contribution in [3.05, 3.63) is 0 Å². The van der Waals surface area contributed by atoms with E-state index >= 15 is 0 Å². The van der Waals surface area contributed by atoms with E-state index < -0.39 is 0 Å². The minimum Gasteiger partial charge on any atom is -0.379 e. The van der Waals surface area contributed by atoms with Crippen LogP contribution in [0.3, 0.4) is 0 Å². The Bertz CT molecular complexity index is 147. The van der Waals surface area contributed by atoms with Gasteiger partial charge in [-0.2, -0.15) is 0 Å². The summed E-state index contributed by atoms with van der Waals surface area (Å²) in [6.45, 7) is 3.13. The van der Waals surface area contributed by atoms with Gasteiger partial charge in [0.1, 0.15) is 6.23 Å². The Hall–Kier alpha value is -0.610. The number of hydrogen-bond acceptors (Lipinski definition) is 3. The number of amides is 1. The predicted octanol–water partition coefficient (Wildman–Crippen LogP) is 0.740. The van der Waals surface area contributed by atoms with Crippen molar-refractivity contribution in [2.45, 2.75) is 51.7 Å². The summed E-state index contributed by atoms with van der Waals surface area (Å²) in [5.41, 5.74) is 4.94. The van der Waals surface area contributed by atoms with Crippen LogP contribution in [0.4, 0.5) is 0 Å². The van der Waals surface area contributed by atoms with E-state index in [9.17, 15) is 4.79 Å². The normalized spacial score (nSPS) is 19.1. The SMILES string of the molecule is CCCCCCC(N)=O.OC1CCN1. The Labute approximate surface area is 85.9 Å². The van der Waals surface area contributed by atoms with E-state index in [-0.39, 0.29) is 12.1 Å². The topological polar surface area (TPSA) is 75.4 Å². The number of nitrogens with one attached hydrogen (secondary N) is 1. The molecular weight excluding hydrogens is 180 g/mol. The van der Waals surface area contributed by atoms with Crippen molar-refractivity contribution in [3.8, 4) is 0 Å². The first kappa shape index (κ1) is 13.4. The van der Waals surface area contributed by atoms with Gasteiger partial charge in [-0.3, -0.25) is 10.1 Å². The lowest BCUT2D eigenvalue weighted by Gasteiger charge is -2.20. The molecule has 0 saturated carbocycles. The zero-order valence-electron chi connectivity index (χ0n) is 8.96. The smallest absolute Gasteiger partial charge is 0.217 e. The van der Waals surface area contributed by atoms with E-state index in [2.05, 4.69) is 12.2 Å². The summed E-state index contributed by atoms with van der Waals surface area (Å²) in [5, 5.41) is 11.1. The molecule has 1 heterocycles. The highest BCUT2D eigenvalue weighted by molar-refractivity contribution is 5.73. The summed E-state index contributed by atoms with van der Waals surface area (Å²) in [5.74, 6) is -0.175. The molecule has 14 heavy (non-hydrogen) atoms. The van der Waals surface area contributed by atoms with Gasteiger partial charge in [0.05, 0.1) is 0 Å². The Morgan fingerprint density at radius 1 is 1.50 bits per heavy atom. The Morgan fingerprint density at radius 2 is 2.07 bits per heavy atom. The van der Waals surface area contributed by atoms with Crippen molar-refractivity contribution < 1.29 is 9.90 Å². The summed E-state index contributed by atoms with van der Waals surface area (Å²) in [4.78, 5) is 10.2. The maximum absolute atomic E-state index is 10.2. The highest BCUT2D eigenvalue weighted by Gasteiger charge is 2.09. The van der Waals surface area contributed by atoms with Crippen molar-refractivity contribution >= 4 is 5.91 Å². The summed E-state index contributed by atoms with van der Waals surface area (Å²) in [6.07, 6.45) is 5.82. The molecular formula is C10H22N2O2. The summed E-state index contributed by atoms with van der Waals surface area (Å²) in [7, 11) is 0. The van der Waals surface area contributed by atoms with E-state index in [1.54, 1.807) is 0 Å². The molecule has 1 atom stereocenters. The second kappa shape index (κ2) is 8.97. The van der Waals surface area contributed by atoms with E-state index in [1.165, 1.54) is 12.8 Å². The number of hydrogen-bond donors (Lipinski definition) is 3. The average Bonchev–Trinajstić information content (AvgIpc) is 2.10. The molecule has 1 rings (SSSR count). The Kier molecular flexibility index (Phi) is 8.57. The van der Waals surface area contributed by atoms with Gasteiger partial charge in [-0.05, 0) is 12.8 Å². The maximum atomic E-state index is 10.2. The number of carbonyl (C=O) groups is 1. The molecule has 4 nitrogen and oxygen atoms in total. The standard InChI is InChI=1S/C7H15NO.C3H7NO/c1-2-3-4-5-6-7(8)9;5-3-1-2-4-3/h2-6H2,1H3,(H2,8,9);3-5H,1-2H2. The van der Waals surface area contributed by atoms with Gasteiger partial charge in [-0.25, -0.2) is 0 Å². The van der Waals surface area contributed by atoms with Crippen LogP contribution in [0.25, 0.3) is 0 Å². The van der Waals surface area contributed by atoms with Crippen molar-refractivity contribution in [3.63, 3.8) is 0 Å². The molecule has 4 N–H and O–H groups in total. The molecule has 0 bridgehead atoms. The molecule has 4 heteroatoms. The maximum Gasteiger partial charge on any atom is 0.217 e. The van der Waals surface area contributed by atoms with Gasteiger partial charge in [0, 0.05) is 13.0 Å². The van der Waals surface area contributed by atoms with Crippen LogP contribution in [0.15, 0.2) is 0 Å². The van der Waals surface area contributed by atoms with Crippen LogP contribution in [0, 0.1) is 0 Å². The zero-order chi connectivity index (χ0) is 10.8. The third-order valence-corrected chi connectivity index (χ3v) is 2.07. The molecule has 0 spiro atoms. The zero-order valence-corrected chi connectivity index (χ0v) is 8.96. The third kappa shape index (κ3) is 9.48. The van der Waals surface area contributed by atoms with Gasteiger partial charge in [0.2, 0.25) is 5.91 Å². The van der Waals surface area contributed by atoms with Crippen molar-refractivity contribution in [2.75, 3.05) is 6.54 Å². The van der Waals surface area contributed by atoms with Crippen LogP contribution in [0.5, 0.6) is 0 Å². The van der Waals surface area contributed by atoms with E-state index in [1.807, 2.05) is 0 Å². The summed E-state index contributed by atoms with van der Waals surface area (Å²) >= 11 is 0. The molecule has 1 saturated heterocycles. The minimum atomic E-state index is -0.185. The fourth-order valence-corrected chi connectivity index (χ4v) is 0.999. The second-order valence-electron chi connectivity index (χ2n) is 3.54. The molecule has 0 radical (unpaired) electrons. The summed E-state index contributed by atoms with van der Waals surface area (Å²) in [6, 6.07) is 0. The Morgan fingerprint density at radius 3 is 2.36 bits per heavy atom. The van der Waals surface area contributed by atoms with Crippen LogP contribution in [-0.2, 0) is 4.79 Å². The van der Waals surface area contributed by atoms with Gasteiger partial charge in [-0.15, -0.1) is 0 Å². The molecule has 1 amide bonds. The number of carbonyl (C=O) groups excluding carboxylic acids is 1. The highest BCUT2D eigenvalue weighted by atomic mass is 16.3. The van der Waals surface area contributed by atoms with Crippen molar-refractivity contribution in [1.29, 1.82) is 0 Å². The quantitative estimate of drug-likeness (QED) is 0.576. The molecule has 0 aromatic heterocycles. The lowest BCUT2D eigenvalue weighted by Crippen LogP contribution is -2.42. The predicted molar refractivity (Wildman–Crippen MR) is 56.6 cm³/mol. The monoisotopic (exact) mass is 202 g/mol. The van der Waals surface area contributed by atoms with Crippen molar-refractivity contribution in [2.24, 2.45) is 5.73 Å². The first-order valence-corrected chi connectivity index (χ1v) is 5.36. The number of primary amides is 1. The average molecular weight is 202 g/mol. The van der Waals surface area contributed by atoms with Gasteiger partial charge in [0.25, 0.3) is 0 Å². The minimum absolute atomic E-state index is 0.175. The van der Waals surface area contributed by atoms with E-state index in [0.717, 1.165) is 25.8 Å². The van der Waals surface area contributed by atoms with Crippen LogP contribution in [0.2, 0.25) is 0 Å². The van der Waals surface area contributed by atoms with Gasteiger partial charge < -0.3 is 10.8 Å². The molecule has 0 aromatic rings. The van der Waals surface area contributed by atoms with Gasteiger partial charge in [0.15, 0.2) is 0 Å². The first-order chi connectivity index (χ1) is 6.66. The van der Waals surface area contributed by atoms with Crippen LogP contribution in [-0.4, -0.2) is 23.8 Å². The highest BCUT2D eigenvalue weighted by Crippen LogP contribution is 2.00. The van der Waals surface area contributed by atoms with E-state index in [4.69, 9.17) is 10.8 Å². The molecule has 84 valence electrons. The van der Waals surface area contributed by atoms with Crippen LogP contribution < -0.4 is 11.1 Å². The number of aliphatic hydroxyl groups is 1. The molecule has 0 aromatic carbocycles. The lowest BCUT2D eigenvalue weighted by molar-refractivity contribution is -0.118. The molecule has 1 fully saturated rings. The van der Waals surface area contributed by atoms with Gasteiger partial charge >= 0.3 is 0 Å². The van der Waals surface area contributed by atoms with Gasteiger partial charge in [-0.1, -0.05) is 26.2 Å². The fraction of sp³-hybridized carbons (Fsp3) is 0.900. The number of nitrogens with two attached hydrogens (primary N) is 1. The second-order valence-corrected chi connectivity index (χ2v) is 3.54. The molecule has 1 aliphatic rings. The molecule has 1 aliphatic heterocycles. The summed E-state index contributed by atoms with van der Waals surface area (Å²) < 4.78 is 0. The first-order valence-electron chi connectivity index (χ1n) is 5.36. The number of unbranched alkanes of at least 4 members (excludes halogenated alkanes) is 3. The molecule has 1 unspecified atom stereocenters. The van der Waals surface area contributed by atoms with E-state index in [0.29, 0.717) is 6.42 Å². The Balaban J connectivity index is 0.000000280. The number of aliphatic hydroxyl groups excluding tert-OH is 1. The lowest BCUT2D eigenvalue weighted by atomic mass is 10.1.